The summed E-state index contributed by atoms with van der Waals surface area (Å²) >= 11 is 1.92. The zero-order chi connectivity index (χ0) is 13.2. The van der Waals surface area contributed by atoms with Gasteiger partial charge in [-0.1, -0.05) is 13.8 Å². The molecule has 1 aromatic rings. The molecule has 3 nitrogen and oxygen atoms in total. The summed E-state index contributed by atoms with van der Waals surface area (Å²) in [5.41, 5.74) is 1.31. The molecule has 1 N–H and O–H groups in total. The van der Waals surface area contributed by atoms with Crippen molar-refractivity contribution < 1.29 is 4.74 Å². The van der Waals surface area contributed by atoms with Gasteiger partial charge in [-0.15, -0.1) is 11.3 Å². The molecule has 1 saturated carbocycles. The van der Waals surface area contributed by atoms with Crippen LogP contribution in [0.3, 0.4) is 0 Å². The summed E-state index contributed by atoms with van der Waals surface area (Å²) in [6.45, 7) is 7.36. The van der Waals surface area contributed by atoms with Crippen molar-refractivity contribution >= 4 is 11.3 Å². The largest absolute Gasteiger partial charge is 0.381 e. The van der Waals surface area contributed by atoms with Crippen LogP contribution >= 0.6 is 11.3 Å². The molecule has 3 rings (SSSR count). The summed E-state index contributed by atoms with van der Waals surface area (Å²) in [7, 11) is 0. The van der Waals surface area contributed by atoms with Gasteiger partial charge in [0, 0.05) is 37.1 Å². The molecule has 4 heteroatoms. The van der Waals surface area contributed by atoms with Gasteiger partial charge in [-0.25, -0.2) is 4.98 Å². The average molecular weight is 280 g/mol. The number of nitrogens with one attached hydrogen (secondary N) is 1. The van der Waals surface area contributed by atoms with E-state index >= 15 is 0 Å². The fraction of sp³-hybridized carbons (Fsp3) is 0.800. The second kappa shape index (κ2) is 5.90. The zero-order valence-corrected chi connectivity index (χ0v) is 12.8. The van der Waals surface area contributed by atoms with E-state index in [4.69, 9.17) is 9.72 Å². The first kappa shape index (κ1) is 13.5. The van der Waals surface area contributed by atoms with Crippen molar-refractivity contribution in [2.75, 3.05) is 13.2 Å². The highest BCUT2D eigenvalue weighted by atomic mass is 32.1. The minimum atomic E-state index is 0.529. The molecule has 106 valence electrons. The van der Waals surface area contributed by atoms with Crippen molar-refractivity contribution in [3.05, 3.63) is 15.6 Å². The van der Waals surface area contributed by atoms with Crippen LogP contribution in [-0.2, 0) is 17.7 Å². The van der Waals surface area contributed by atoms with E-state index in [-0.39, 0.29) is 0 Å². The minimum Gasteiger partial charge on any atom is -0.381 e. The van der Waals surface area contributed by atoms with Crippen LogP contribution in [0.1, 0.15) is 54.6 Å². The van der Waals surface area contributed by atoms with Crippen molar-refractivity contribution in [3.8, 4) is 0 Å². The molecule has 1 aliphatic heterocycles. The van der Waals surface area contributed by atoms with Gasteiger partial charge in [-0.05, 0) is 31.1 Å². The van der Waals surface area contributed by atoms with Crippen LogP contribution in [0.4, 0.5) is 0 Å². The Morgan fingerprint density at radius 2 is 2.21 bits per heavy atom. The molecule has 0 aromatic carbocycles. The Morgan fingerprint density at radius 3 is 2.84 bits per heavy atom. The van der Waals surface area contributed by atoms with Crippen molar-refractivity contribution in [1.29, 1.82) is 0 Å². The molecular weight excluding hydrogens is 256 g/mol. The van der Waals surface area contributed by atoms with Crippen LogP contribution < -0.4 is 5.32 Å². The van der Waals surface area contributed by atoms with Gasteiger partial charge >= 0.3 is 0 Å². The number of hydrogen-bond donors (Lipinski definition) is 1. The van der Waals surface area contributed by atoms with Gasteiger partial charge < -0.3 is 10.1 Å². The molecule has 1 aliphatic carbocycles. The van der Waals surface area contributed by atoms with Gasteiger partial charge in [-0.2, -0.15) is 0 Å². The standard InChI is InChI=1S/C15H24N2OS/c1-10(2)15-13(8-16-12-3-4-12)19-14(17-15)7-11-5-6-18-9-11/h10-12,16H,3-9H2,1-2H3. The van der Waals surface area contributed by atoms with Crippen LogP contribution in [0.2, 0.25) is 0 Å². The molecule has 1 saturated heterocycles. The third-order valence-electron chi connectivity index (χ3n) is 3.93. The molecule has 2 fully saturated rings. The Balaban J connectivity index is 1.67. The van der Waals surface area contributed by atoms with Gasteiger partial charge in [0.05, 0.1) is 10.7 Å². The van der Waals surface area contributed by atoms with E-state index in [2.05, 4.69) is 19.2 Å². The van der Waals surface area contributed by atoms with Gasteiger partial charge in [0.1, 0.15) is 0 Å². The molecule has 1 aromatic heterocycles. The maximum absolute atomic E-state index is 5.47. The van der Waals surface area contributed by atoms with Crippen LogP contribution in [0.25, 0.3) is 0 Å². The maximum Gasteiger partial charge on any atom is 0.0935 e. The molecular formula is C15H24N2OS. The Labute approximate surface area is 119 Å². The van der Waals surface area contributed by atoms with E-state index in [1.54, 1.807) is 0 Å². The summed E-state index contributed by atoms with van der Waals surface area (Å²) in [5.74, 6) is 1.22. The van der Waals surface area contributed by atoms with Crippen LogP contribution in [-0.4, -0.2) is 24.2 Å². The average Bonchev–Trinajstić information content (AvgIpc) is 2.90. The second-order valence-corrected chi connectivity index (χ2v) is 7.33. The number of thiazole rings is 1. The smallest absolute Gasteiger partial charge is 0.0935 e. The number of rotatable bonds is 6. The molecule has 0 bridgehead atoms. The fourth-order valence-electron chi connectivity index (χ4n) is 2.59. The first-order valence-corrected chi connectivity index (χ1v) is 8.33. The lowest BCUT2D eigenvalue weighted by Gasteiger charge is -2.05. The van der Waals surface area contributed by atoms with Gasteiger partial charge in [0.2, 0.25) is 0 Å². The summed E-state index contributed by atoms with van der Waals surface area (Å²) in [5, 5.41) is 4.93. The minimum absolute atomic E-state index is 0.529. The Hall–Kier alpha value is -0.450. The topological polar surface area (TPSA) is 34.1 Å². The predicted octanol–water partition coefficient (Wildman–Crippen LogP) is 3.10. The summed E-state index contributed by atoms with van der Waals surface area (Å²) in [6, 6.07) is 0.772. The lowest BCUT2D eigenvalue weighted by atomic mass is 10.1. The molecule has 19 heavy (non-hydrogen) atoms. The highest BCUT2D eigenvalue weighted by Gasteiger charge is 2.23. The Kier molecular flexibility index (Phi) is 4.20. The van der Waals surface area contributed by atoms with Gasteiger partial charge in [0.25, 0.3) is 0 Å². The van der Waals surface area contributed by atoms with E-state index in [1.165, 1.54) is 34.8 Å². The van der Waals surface area contributed by atoms with Crippen molar-refractivity contribution in [2.45, 2.75) is 58.0 Å². The highest BCUT2D eigenvalue weighted by molar-refractivity contribution is 7.11. The monoisotopic (exact) mass is 280 g/mol. The zero-order valence-electron chi connectivity index (χ0n) is 11.9. The van der Waals surface area contributed by atoms with Crippen molar-refractivity contribution in [1.82, 2.24) is 10.3 Å². The quantitative estimate of drug-likeness (QED) is 0.869. The lowest BCUT2D eigenvalue weighted by Crippen LogP contribution is -2.15. The first-order valence-electron chi connectivity index (χ1n) is 7.52. The number of hydrogen-bond acceptors (Lipinski definition) is 4. The molecule has 0 amide bonds. The normalized spacial score (nSPS) is 23.4. The SMILES string of the molecule is CC(C)c1nc(CC2CCOC2)sc1CNC1CC1. The second-order valence-electron chi connectivity index (χ2n) is 6.16. The summed E-state index contributed by atoms with van der Waals surface area (Å²) in [4.78, 5) is 6.35. The van der Waals surface area contributed by atoms with Crippen LogP contribution in [0, 0.1) is 5.92 Å². The third kappa shape index (κ3) is 3.56. The Bertz CT molecular complexity index is 420. The van der Waals surface area contributed by atoms with Crippen molar-refractivity contribution in [2.24, 2.45) is 5.92 Å². The van der Waals surface area contributed by atoms with Crippen molar-refractivity contribution in [3.63, 3.8) is 0 Å². The highest BCUT2D eigenvalue weighted by Crippen LogP contribution is 2.29. The molecule has 1 atom stereocenters. The van der Waals surface area contributed by atoms with E-state index < -0.39 is 0 Å². The van der Waals surface area contributed by atoms with Gasteiger partial charge in [0.15, 0.2) is 0 Å². The number of aromatic nitrogens is 1. The summed E-state index contributed by atoms with van der Waals surface area (Å²) < 4.78 is 5.47. The Morgan fingerprint density at radius 1 is 1.37 bits per heavy atom. The number of ether oxygens (including phenoxy) is 1. The third-order valence-corrected chi connectivity index (χ3v) is 5.03. The molecule has 0 radical (unpaired) electrons. The molecule has 0 spiro atoms. The lowest BCUT2D eigenvalue weighted by molar-refractivity contribution is 0.186. The predicted molar refractivity (Wildman–Crippen MR) is 78.7 cm³/mol. The van der Waals surface area contributed by atoms with Crippen LogP contribution in [0.5, 0.6) is 0 Å². The molecule has 1 unspecified atom stereocenters. The van der Waals surface area contributed by atoms with E-state index in [0.29, 0.717) is 11.8 Å². The van der Waals surface area contributed by atoms with E-state index in [1.807, 2.05) is 11.3 Å². The van der Waals surface area contributed by atoms with Gasteiger partial charge in [-0.3, -0.25) is 0 Å². The van der Waals surface area contributed by atoms with E-state index in [9.17, 15) is 0 Å². The number of nitrogens with zero attached hydrogens (tertiary/aromatic N) is 1. The maximum atomic E-state index is 5.47. The molecule has 2 aliphatic rings. The first-order chi connectivity index (χ1) is 9.22. The summed E-state index contributed by atoms with van der Waals surface area (Å²) in [6.07, 6.45) is 5.00. The van der Waals surface area contributed by atoms with E-state index in [0.717, 1.165) is 32.2 Å². The fourth-order valence-corrected chi connectivity index (χ4v) is 3.88. The molecule has 2 heterocycles. The van der Waals surface area contributed by atoms with Crippen LogP contribution in [0.15, 0.2) is 0 Å².